The lowest BCUT2D eigenvalue weighted by molar-refractivity contribution is -0.123. The summed E-state index contributed by atoms with van der Waals surface area (Å²) in [5.74, 6) is 0.549. The number of aryl methyl sites for hydroxylation is 1. The first-order valence-corrected chi connectivity index (χ1v) is 10.1. The van der Waals surface area contributed by atoms with Gasteiger partial charge in [0.15, 0.2) is 6.61 Å². The fraction of sp³-hybridized carbons (Fsp3) is 0.409. The molecule has 1 N–H and O–H groups in total. The van der Waals surface area contributed by atoms with Crippen molar-refractivity contribution in [2.24, 2.45) is 0 Å². The van der Waals surface area contributed by atoms with E-state index in [0.29, 0.717) is 30.5 Å². The Hall–Kier alpha value is -2.08. The Morgan fingerprint density at radius 3 is 2.57 bits per heavy atom. The molecule has 0 unspecified atom stereocenters. The number of ether oxygens (including phenoxy) is 2. The summed E-state index contributed by atoms with van der Waals surface area (Å²) in [6.07, 6.45) is 0.978. The molecule has 1 saturated heterocycles. The van der Waals surface area contributed by atoms with Gasteiger partial charge in [-0.15, -0.1) is 0 Å². The quantitative estimate of drug-likeness (QED) is 0.734. The zero-order valence-electron chi connectivity index (χ0n) is 16.2. The third kappa shape index (κ3) is 5.71. The molecule has 0 radical (unpaired) electrons. The van der Waals surface area contributed by atoms with Crippen molar-refractivity contribution >= 4 is 17.5 Å². The van der Waals surface area contributed by atoms with Gasteiger partial charge in [-0.2, -0.15) is 0 Å². The van der Waals surface area contributed by atoms with E-state index in [1.54, 1.807) is 0 Å². The third-order valence-corrected chi connectivity index (χ3v) is 5.29. The van der Waals surface area contributed by atoms with E-state index >= 15 is 0 Å². The normalized spacial score (nSPS) is 15.8. The van der Waals surface area contributed by atoms with E-state index in [4.69, 9.17) is 21.1 Å². The van der Waals surface area contributed by atoms with Gasteiger partial charge in [-0.25, -0.2) is 0 Å². The van der Waals surface area contributed by atoms with Crippen molar-refractivity contribution < 1.29 is 14.3 Å². The smallest absolute Gasteiger partial charge is 0.258 e. The monoisotopic (exact) mass is 402 g/mol. The summed E-state index contributed by atoms with van der Waals surface area (Å²) in [5.41, 5.74) is 2.26. The highest BCUT2D eigenvalue weighted by molar-refractivity contribution is 6.31. The Bertz CT molecular complexity index is 761. The van der Waals surface area contributed by atoms with Crippen molar-refractivity contribution in [1.29, 1.82) is 0 Å². The number of halogens is 1. The molecule has 0 saturated carbocycles. The first-order chi connectivity index (χ1) is 13.7. The van der Waals surface area contributed by atoms with Crippen LogP contribution in [0.15, 0.2) is 48.5 Å². The van der Waals surface area contributed by atoms with Crippen LogP contribution in [0.2, 0.25) is 5.02 Å². The Kier molecular flexibility index (Phi) is 7.71. The molecule has 1 aliphatic heterocycles. The predicted molar refractivity (Wildman–Crippen MR) is 111 cm³/mol. The fourth-order valence-electron chi connectivity index (χ4n) is 3.30. The molecule has 1 heterocycles. The van der Waals surface area contributed by atoms with Gasteiger partial charge >= 0.3 is 0 Å². The first kappa shape index (κ1) is 20.6. The van der Waals surface area contributed by atoms with Crippen LogP contribution in [0, 0.1) is 0 Å². The molecular formula is C22H27ClN2O3. The van der Waals surface area contributed by atoms with Gasteiger partial charge in [0.05, 0.1) is 19.3 Å². The van der Waals surface area contributed by atoms with Crippen molar-refractivity contribution in [2.45, 2.75) is 19.4 Å². The van der Waals surface area contributed by atoms with Crippen LogP contribution < -0.4 is 10.1 Å². The highest BCUT2D eigenvalue weighted by atomic mass is 35.5. The van der Waals surface area contributed by atoms with Gasteiger partial charge in [0.25, 0.3) is 5.91 Å². The maximum Gasteiger partial charge on any atom is 0.258 e. The van der Waals surface area contributed by atoms with E-state index in [0.717, 1.165) is 25.1 Å². The van der Waals surface area contributed by atoms with Gasteiger partial charge < -0.3 is 14.8 Å². The second-order valence-corrected chi connectivity index (χ2v) is 7.18. The van der Waals surface area contributed by atoms with Crippen LogP contribution >= 0.6 is 11.6 Å². The molecule has 1 aliphatic rings. The van der Waals surface area contributed by atoms with E-state index < -0.39 is 0 Å². The minimum atomic E-state index is -0.148. The molecule has 3 rings (SSSR count). The molecule has 28 heavy (non-hydrogen) atoms. The molecule has 5 nitrogen and oxygen atoms in total. The highest BCUT2D eigenvalue weighted by Gasteiger charge is 2.24. The zero-order valence-corrected chi connectivity index (χ0v) is 17.0. The summed E-state index contributed by atoms with van der Waals surface area (Å²) >= 11 is 6.42. The summed E-state index contributed by atoms with van der Waals surface area (Å²) < 4.78 is 11.1. The lowest BCUT2D eigenvalue weighted by Crippen LogP contribution is -2.44. The van der Waals surface area contributed by atoms with Crippen molar-refractivity contribution in [3.63, 3.8) is 0 Å². The number of nitrogens with one attached hydrogen (secondary N) is 1. The van der Waals surface area contributed by atoms with E-state index in [1.807, 2.05) is 48.5 Å². The number of morpholine rings is 1. The molecule has 2 aromatic carbocycles. The molecule has 0 bridgehead atoms. The second-order valence-electron chi connectivity index (χ2n) is 6.78. The number of carbonyl (C=O) groups is 1. The van der Waals surface area contributed by atoms with Crippen LogP contribution in [0.1, 0.15) is 24.1 Å². The van der Waals surface area contributed by atoms with Crippen LogP contribution in [0.5, 0.6) is 5.75 Å². The second kappa shape index (κ2) is 10.5. The topological polar surface area (TPSA) is 50.8 Å². The summed E-state index contributed by atoms with van der Waals surface area (Å²) in [7, 11) is 0. The Morgan fingerprint density at radius 1 is 1.18 bits per heavy atom. The van der Waals surface area contributed by atoms with E-state index in [9.17, 15) is 4.79 Å². The fourth-order valence-corrected chi connectivity index (χ4v) is 3.56. The molecule has 1 fully saturated rings. The van der Waals surface area contributed by atoms with Crippen LogP contribution in [-0.2, 0) is 16.0 Å². The maximum atomic E-state index is 12.3. The average Bonchev–Trinajstić information content (AvgIpc) is 2.74. The molecular weight excluding hydrogens is 376 g/mol. The van der Waals surface area contributed by atoms with E-state index in [-0.39, 0.29) is 18.6 Å². The van der Waals surface area contributed by atoms with Gasteiger partial charge in [0.2, 0.25) is 0 Å². The number of nitrogens with zero attached hydrogens (tertiary/aromatic N) is 1. The molecule has 0 aliphatic carbocycles. The van der Waals surface area contributed by atoms with Crippen molar-refractivity contribution in [3.8, 4) is 5.75 Å². The van der Waals surface area contributed by atoms with Gasteiger partial charge in [0.1, 0.15) is 5.75 Å². The standard InChI is InChI=1S/C22H27ClN2O3/c1-2-17-7-9-18(10-8-17)28-16-22(26)24-15-21(25-11-13-27-14-12-25)19-5-3-4-6-20(19)23/h3-10,21H,2,11-16H2,1H3,(H,24,26)/t21-/m1/s1. The van der Waals surface area contributed by atoms with E-state index in [1.165, 1.54) is 5.56 Å². The van der Waals surface area contributed by atoms with Gasteiger partial charge in [-0.1, -0.05) is 48.9 Å². The van der Waals surface area contributed by atoms with Gasteiger partial charge in [-0.3, -0.25) is 9.69 Å². The van der Waals surface area contributed by atoms with Crippen LogP contribution in [-0.4, -0.2) is 50.3 Å². The van der Waals surface area contributed by atoms with Gasteiger partial charge in [0, 0.05) is 24.7 Å². The number of amides is 1. The zero-order chi connectivity index (χ0) is 19.8. The summed E-state index contributed by atoms with van der Waals surface area (Å²) in [5, 5.41) is 3.70. The van der Waals surface area contributed by atoms with Gasteiger partial charge in [-0.05, 0) is 35.7 Å². The molecule has 6 heteroatoms. The molecule has 2 aromatic rings. The average molecular weight is 403 g/mol. The lowest BCUT2D eigenvalue weighted by atomic mass is 10.0. The molecule has 0 aromatic heterocycles. The Balaban J connectivity index is 1.57. The van der Waals surface area contributed by atoms with E-state index in [2.05, 4.69) is 17.1 Å². The van der Waals surface area contributed by atoms with Crippen molar-refractivity contribution in [3.05, 3.63) is 64.7 Å². The van der Waals surface area contributed by atoms with Crippen LogP contribution in [0.4, 0.5) is 0 Å². The number of rotatable bonds is 8. The third-order valence-electron chi connectivity index (χ3n) is 4.94. The summed E-state index contributed by atoms with van der Waals surface area (Å²) in [4.78, 5) is 14.6. The lowest BCUT2D eigenvalue weighted by Gasteiger charge is -2.35. The minimum Gasteiger partial charge on any atom is -0.484 e. The van der Waals surface area contributed by atoms with Crippen LogP contribution in [0.25, 0.3) is 0 Å². The number of benzene rings is 2. The molecule has 150 valence electrons. The number of carbonyl (C=O) groups excluding carboxylic acids is 1. The first-order valence-electron chi connectivity index (χ1n) is 9.72. The van der Waals surface area contributed by atoms with Crippen LogP contribution in [0.3, 0.4) is 0 Å². The summed E-state index contributed by atoms with van der Waals surface area (Å²) in [6.45, 7) is 5.56. The number of hydrogen-bond acceptors (Lipinski definition) is 4. The predicted octanol–water partition coefficient (Wildman–Crippen LogP) is 3.47. The Morgan fingerprint density at radius 2 is 1.89 bits per heavy atom. The number of hydrogen-bond donors (Lipinski definition) is 1. The molecule has 1 amide bonds. The molecule has 1 atom stereocenters. The largest absolute Gasteiger partial charge is 0.484 e. The van der Waals surface area contributed by atoms with Crippen molar-refractivity contribution in [1.82, 2.24) is 10.2 Å². The maximum absolute atomic E-state index is 12.3. The summed E-state index contributed by atoms with van der Waals surface area (Å²) in [6, 6.07) is 15.6. The SMILES string of the molecule is CCc1ccc(OCC(=O)NC[C@H](c2ccccc2Cl)N2CCOCC2)cc1. The Labute approximate surface area is 171 Å². The minimum absolute atomic E-state index is 0.00499. The molecule has 0 spiro atoms. The highest BCUT2D eigenvalue weighted by Crippen LogP contribution is 2.27. The van der Waals surface area contributed by atoms with Crippen molar-refractivity contribution in [2.75, 3.05) is 39.5 Å².